The number of aliphatic hydroxyl groups excluding tert-OH is 1. The Labute approximate surface area is 167 Å². The minimum Gasteiger partial charge on any atom is -0.393 e. The summed E-state index contributed by atoms with van der Waals surface area (Å²) >= 11 is 0. The van der Waals surface area contributed by atoms with Gasteiger partial charge in [0.2, 0.25) is 0 Å². The van der Waals surface area contributed by atoms with Gasteiger partial charge in [-0.3, -0.25) is 0 Å². The van der Waals surface area contributed by atoms with Gasteiger partial charge in [-0.05, 0) is 28.7 Å². The summed E-state index contributed by atoms with van der Waals surface area (Å²) in [4.78, 5) is 0. The van der Waals surface area contributed by atoms with Crippen LogP contribution in [0.5, 0.6) is 0 Å². The molecule has 1 aliphatic rings. The molecule has 0 aliphatic carbocycles. The number of rotatable bonds is 8. The summed E-state index contributed by atoms with van der Waals surface area (Å²) in [6, 6.07) is 30.9. The van der Waals surface area contributed by atoms with Crippen LogP contribution in [0.1, 0.15) is 16.7 Å². The molecule has 1 aliphatic heterocycles. The van der Waals surface area contributed by atoms with Gasteiger partial charge < -0.3 is 9.84 Å². The van der Waals surface area contributed by atoms with Crippen molar-refractivity contribution >= 4 is 0 Å². The van der Waals surface area contributed by atoms with Gasteiger partial charge in [0.1, 0.15) is 11.2 Å². The van der Waals surface area contributed by atoms with Gasteiger partial charge in [-0.25, -0.2) is 0 Å². The highest BCUT2D eigenvalue weighted by Crippen LogP contribution is 2.56. The highest BCUT2D eigenvalue weighted by molar-refractivity contribution is 5.41. The summed E-state index contributed by atoms with van der Waals surface area (Å²) in [7, 11) is 0. The van der Waals surface area contributed by atoms with Gasteiger partial charge in [0.15, 0.2) is 0 Å². The fourth-order valence-corrected chi connectivity index (χ4v) is 4.21. The Morgan fingerprint density at radius 3 is 1.68 bits per heavy atom. The normalized spacial score (nSPS) is 23.3. The third-order valence-electron chi connectivity index (χ3n) is 5.78. The maximum absolute atomic E-state index is 10.4. The zero-order valence-electron chi connectivity index (χ0n) is 16.1. The molecule has 0 spiro atoms. The smallest absolute Gasteiger partial charge is 0.129 e. The molecule has 2 atom stereocenters. The second-order valence-electron chi connectivity index (χ2n) is 7.67. The van der Waals surface area contributed by atoms with E-state index in [9.17, 15) is 5.11 Å². The summed E-state index contributed by atoms with van der Waals surface area (Å²) in [5.74, 6) is 0. The Morgan fingerprint density at radius 1 is 0.714 bits per heavy atom. The molecular formula is C26H26O2. The molecule has 1 fully saturated rings. The first-order valence-electron chi connectivity index (χ1n) is 9.78. The number of ether oxygens (including phenoxy) is 1. The quantitative estimate of drug-likeness (QED) is 0.458. The van der Waals surface area contributed by atoms with Gasteiger partial charge >= 0.3 is 0 Å². The molecule has 1 N–H and O–H groups in total. The van der Waals surface area contributed by atoms with Crippen LogP contribution in [-0.4, -0.2) is 22.9 Å². The Hall–Kier alpha value is -2.68. The van der Waals surface area contributed by atoms with E-state index in [-0.39, 0.29) is 6.61 Å². The van der Waals surface area contributed by atoms with Crippen molar-refractivity contribution in [3.63, 3.8) is 0 Å². The van der Waals surface area contributed by atoms with Crippen LogP contribution >= 0.6 is 0 Å². The van der Waals surface area contributed by atoms with E-state index in [1.165, 1.54) is 16.7 Å². The first-order valence-corrected chi connectivity index (χ1v) is 9.78. The number of aliphatic hydroxyl groups is 1. The number of hydrogen-bond donors (Lipinski definition) is 1. The fraction of sp³-hybridized carbons (Fsp3) is 0.231. The van der Waals surface area contributed by atoms with Crippen LogP contribution < -0.4 is 0 Å². The van der Waals surface area contributed by atoms with Gasteiger partial charge in [0.25, 0.3) is 0 Å². The van der Waals surface area contributed by atoms with Crippen LogP contribution in [0.15, 0.2) is 103 Å². The van der Waals surface area contributed by atoms with Crippen LogP contribution in [0.3, 0.4) is 0 Å². The standard InChI is InChI=1S/C26H26O2/c1-21(17-22-11-5-2-6-12-22)26(19-24-15-9-4-10-16-24)25(20-27,28-26)18-23-13-7-3-8-14-23/h2-16,27H,1,17-20H2/t25-,26+/m1/s1. The van der Waals surface area contributed by atoms with E-state index < -0.39 is 11.2 Å². The van der Waals surface area contributed by atoms with E-state index in [2.05, 4.69) is 43.0 Å². The van der Waals surface area contributed by atoms with Crippen molar-refractivity contribution in [1.29, 1.82) is 0 Å². The van der Waals surface area contributed by atoms with Crippen molar-refractivity contribution in [1.82, 2.24) is 0 Å². The average molecular weight is 370 g/mol. The predicted molar refractivity (Wildman–Crippen MR) is 113 cm³/mol. The molecular weight excluding hydrogens is 344 g/mol. The lowest BCUT2D eigenvalue weighted by Crippen LogP contribution is -2.35. The number of hydrogen-bond acceptors (Lipinski definition) is 2. The van der Waals surface area contributed by atoms with E-state index in [0.717, 1.165) is 12.0 Å². The molecule has 4 rings (SSSR count). The molecule has 2 heteroatoms. The molecule has 142 valence electrons. The Bertz CT molecular complexity index is 920. The van der Waals surface area contributed by atoms with E-state index in [1.54, 1.807) is 0 Å². The monoisotopic (exact) mass is 370 g/mol. The van der Waals surface area contributed by atoms with Gasteiger partial charge in [-0.15, -0.1) is 0 Å². The molecule has 3 aromatic carbocycles. The topological polar surface area (TPSA) is 32.8 Å². The van der Waals surface area contributed by atoms with Crippen molar-refractivity contribution in [2.45, 2.75) is 30.5 Å². The first kappa shape index (κ1) is 18.7. The molecule has 0 saturated carbocycles. The molecule has 0 radical (unpaired) electrons. The zero-order valence-corrected chi connectivity index (χ0v) is 16.1. The van der Waals surface area contributed by atoms with Gasteiger partial charge in [0, 0.05) is 12.8 Å². The lowest BCUT2D eigenvalue weighted by molar-refractivity contribution is 0.170. The lowest BCUT2D eigenvalue weighted by Gasteiger charge is -2.22. The van der Waals surface area contributed by atoms with E-state index in [4.69, 9.17) is 4.74 Å². The van der Waals surface area contributed by atoms with Gasteiger partial charge in [-0.2, -0.15) is 0 Å². The van der Waals surface area contributed by atoms with Crippen molar-refractivity contribution in [3.05, 3.63) is 120 Å². The first-order chi connectivity index (χ1) is 13.7. The van der Waals surface area contributed by atoms with Gasteiger partial charge in [0.05, 0.1) is 6.61 Å². The molecule has 2 nitrogen and oxygen atoms in total. The molecule has 1 saturated heterocycles. The molecule has 0 amide bonds. The Kier molecular flexibility index (Phi) is 5.17. The van der Waals surface area contributed by atoms with Crippen LogP contribution in [-0.2, 0) is 24.0 Å². The number of benzene rings is 3. The third-order valence-corrected chi connectivity index (χ3v) is 5.78. The highest BCUT2D eigenvalue weighted by Gasteiger charge is 2.70. The Morgan fingerprint density at radius 2 is 1.18 bits per heavy atom. The average Bonchev–Trinajstić information content (AvgIpc) is 3.38. The van der Waals surface area contributed by atoms with Crippen LogP contribution in [0.4, 0.5) is 0 Å². The SMILES string of the molecule is C=C(Cc1ccccc1)[C@]1(Cc2ccccc2)O[C@@]1(CO)Cc1ccccc1. The van der Waals surface area contributed by atoms with Crippen molar-refractivity contribution in [2.24, 2.45) is 0 Å². The van der Waals surface area contributed by atoms with Crippen molar-refractivity contribution < 1.29 is 9.84 Å². The second kappa shape index (κ2) is 7.75. The van der Waals surface area contributed by atoms with Crippen LogP contribution in [0, 0.1) is 0 Å². The third kappa shape index (κ3) is 3.54. The van der Waals surface area contributed by atoms with Crippen LogP contribution in [0.2, 0.25) is 0 Å². The minimum atomic E-state index is -0.629. The lowest BCUT2D eigenvalue weighted by atomic mass is 9.77. The van der Waals surface area contributed by atoms with Crippen LogP contribution in [0.25, 0.3) is 0 Å². The largest absolute Gasteiger partial charge is 0.393 e. The summed E-state index contributed by atoms with van der Waals surface area (Å²) in [6.07, 6.45) is 2.13. The number of epoxide rings is 1. The molecule has 0 bridgehead atoms. The maximum Gasteiger partial charge on any atom is 0.129 e. The Balaban J connectivity index is 1.65. The van der Waals surface area contributed by atoms with Gasteiger partial charge in [-0.1, -0.05) is 97.6 Å². The molecule has 0 aromatic heterocycles. The molecule has 0 unspecified atom stereocenters. The summed E-state index contributed by atoms with van der Waals surface area (Å²) in [5.41, 5.74) is 3.40. The second-order valence-corrected chi connectivity index (χ2v) is 7.67. The van der Waals surface area contributed by atoms with E-state index in [0.29, 0.717) is 12.8 Å². The fourth-order valence-electron chi connectivity index (χ4n) is 4.21. The maximum atomic E-state index is 10.4. The molecule has 28 heavy (non-hydrogen) atoms. The van der Waals surface area contributed by atoms with Crippen molar-refractivity contribution in [2.75, 3.05) is 6.61 Å². The van der Waals surface area contributed by atoms with Crippen molar-refractivity contribution in [3.8, 4) is 0 Å². The van der Waals surface area contributed by atoms with E-state index in [1.807, 2.05) is 54.6 Å². The predicted octanol–water partition coefficient (Wildman–Crippen LogP) is 4.77. The zero-order chi connectivity index (χ0) is 19.5. The minimum absolute atomic E-state index is 0.0253. The highest BCUT2D eigenvalue weighted by atomic mass is 16.6. The molecule has 3 aromatic rings. The summed E-state index contributed by atoms with van der Waals surface area (Å²) in [5, 5.41) is 10.4. The van der Waals surface area contributed by atoms with E-state index >= 15 is 0 Å². The molecule has 1 heterocycles. The summed E-state index contributed by atoms with van der Waals surface area (Å²) < 4.78 is 6.43. The summed E-state index contributed by atoms with van der Waals surface area (Å²) in [6.45, 7) is 4.40.